The van der Waals surface area contributed by atoms with Gasteiger partial charge in [0.2, 0.25) is 5.91 Å². The highest BCUT2D eigenvalue weighted by Gasteiger charge is 2.25. The summed E-state index contributed by atoms with van der Waals surface area (Å²) in [7, 11) is 0. The standard InChI is InChI=1S/C18H26N2O.ClH/c21-18(20-12-10-14-5-4-11-19-13-14)17-9-3-7-15-6-1-2-8-16(15)17;/h1-2,6,8,14,17,19H,3-5,7,9-13H2,(H,20,21);1H. The van der Waals surface area contributed by atoms with Crippen LogP contribution in [-0.2, 0) is 11.2 Å². The summed E-state index contributed by atoms with van der Waals surface area (Å²) in [5, 5.41) is 6.61. The smallest absolute Gasteiger partial charge is 0.227 e. The lowest BCUT2D eigenvalue weighted by molar-refractivity contribution is -0.122. The Balaban J connectivity index is 0.00000176. The Hall–Kier alpha value is -1.06. The van der Waals surface area contributed by atoms with Gasteiger partial charge in [-0.1, -0.05) is 24.3 Å². The minimum absolute atomic E-state index is 0. The molecule has 1 heterocycles. The largest absolute Gasteiger partial charge is 0.356 e. The molecule has 22 heavy (non-hydrogen) atoms. The third-order valence-corrected chi connectivity index (χ3v) is 4.94. The van der Waals surface area contributed by atoms with E-state index in [9.17, 15) is 4.79 Å². The van der Waals surface area contributed by atoms with Gasteiger partial charge in [-0.2, -0.15) is 0 Å². The number of carbonyl (C=O) groups is 1. The molecule has 3 nitrogen and oxygen atoms in total. The highest BCUT2D eigenvalue weighted by molar-refractivity contribution is 5.85. The van der Waals surface area contributed by atoms with E-state index in [4.69, 9.17) is 0 Å². The summed E-state index contributed by atoms with van der Waals surface area (Å²) in [6, 6.07) is 8.43. The minimum Gasteiger partial charge on any atom is -0.356 e. The van der Waals surface area contributed by atoms with Crippen molar-refractivity contribution in [2.75, 3.05) is 19.6 Å². The molecule has 0 radical (unpaired) electrons. The molecule has 1 aromatic carbocycles. The minimum atomic E-state index is 0. The van der Waals surface area contributed by atoms with Gasteiger partial charge in [-0.15, -0.1) is 12.4 Å². The van der Waals surface area contributed by atoms with Crippen molar-refractivity contribution < 1.29 is 4.79 Å². The number of rotatable bonds is 4. The van der Waals surface area contributed by atoms with Gasteiger partial charge >= 0.3 is 0 Å². The monoisotopic (exact) mass is 322 g/mol. The topological polar surface area (TPSA) is 41.1 Å². The normalized spacial score (nSPS) is 24.0. The number of hydrogen-bond donors (Lipinski definition) is 2. The second kappa shape index (κ2) is 8.54. The number of fused-ring (bicyclic) bond motifs is 1. The van der Waals surface area contributed by atoms with E-state index < -0.39 is 0 Å². The van der Waals surface area contributed by atoms with Crippen LogP contribution < -0.4 is 10.6 Å². The van der Waals surface area contributed by atoms with E-state index in [1.807, 2.05) is 0 Å². The number of aryl methyl sites for hydroxylation is 1. The number of amides is 1. The lowest BCUT2D eigenvalue weighted by Crippen LogP contribution is -2.35. The molecule has 0 saturated carbocycles. The van der Waals surface area contributed by atoms with Crippen LogP contribution in [0.2, 0.25) is 0 Å². The lowest BCUT2D eigenvalue weighted by Gasteiger charge is -2.26. The molecule has 1 amide bonds. The van der Waals surface area contributed by atoms with Gasteiger partial charge in [0.05, 0.1) is 5.92 Å². The fourth-order valence-electron chi connectivity index (χ4n) is 3.72. The molecule has 1 aromatic rings. The molecule has 2 N–H and O–H groups in total. The molecule has 2 atom stereocenters. The van der Waals surface area contributed by atoms with Crippen molar-refractivity contribution in [3.8, 4) is 0 Å². The predicted molar refractivity (Wildman–Crippen MR) is 92.6 cm³/mol. The molecule has 1 aliphatic carbocycles. The number of hydrogen-bond acceptors (Lipinski definition) is 2. The van der Waals surface area contributed by atoms with Crippen LogP contribution in [0.5, 0.6) is 0 Å². The van der Waals surface area contributed by atoms with Gasteiger partial charge in [-0.05, 0) is 68.7 Å². The summed E-state index contributed by atoms with van der Waals surface area (Å²) in [6.45, 7) is 3.09. The first-order valence-electron chi connectivity index (χ1n) is 8.41. The Morgan fingerprint density at radius 2 is 2.09 bits per heavy atom. The molecule has 0 aromatic heterocycles. The quantitative estimate of drug-likeness (QED) is 0.894. The number of halogens is 1. The Morgan fingerprint density at radius 1 is 1.23 bits per heavy atom. The van der Waals surface area contributed by atoms with Gasteiger partial charge in [-0.3, -0.25) is 4.79 Å². The van der Waals surface area contributed by atoms with Crippen molar-refractivity contribution in [2.45, 2.75) is 44.4 Å². The van der Waals surface area contributed by atoms with Crippen LogP contribution in [0.1, 0.15) is 49.1 Å². The lowest BCUT2D eigenvalue weighted by atomic mass is 9.82. The molecule has 0 bridgehead atoms. The van der Waals surface area contributed by atoms with E-state index in [2.05, 4.69) is 34.9 Å². The fraction of sp³-hybridized carbons (Fsp3) is 0.611. The van der Waals surface area contributed by atoms with Gasteiger partial charge in [0.15, 0.2) is 0 Å². The van der Waals surface area contributed by atoms with Crippen LogP contribution in [0.4, 0.5) is 0 Å². The Labute approximate surface area is 139 Å². The van der Waals surface area contributed by atoms with Crippen molar-refractivity contribution in [3.63, 3.8) is 0 Å². The SMILES string of the molecule is Cl.O=C(NCCC1CCCNC1)C1CCCc2ccccc21. The number of nitrogens with one attached hydrogen (secondary N) is 2. The maximum Gasteiger partial charge on any atom is 0.227 e. The zero-order valence-corrected chi connectivity index (χ0v) is 14.0. The second-order valence-corrected chi connectivity index (χ2v) is 6.44. The van der Waals surface area contributed by atoms with E-state index in [0.29, 0.717) is 0 Å². The Morgan fingerprint density at radius 3 is 2.91 bits per heavy atom. The van der Waals surface area contributed by atoms with Crippen LogP contribution in [0.3, 0.4) is 0 Å². The van der Waals surface area contributed by atoms with E-state index in [1.54, 1.807) is 0 Å². The third kappa shape index (κ3) is 4.23. The first-order chi connectivity index (χ1) is 10.3. The summed E-state index contributed by atoms with van der Waals surface area (Å²) >= 11 is 0. The van der Waals surface area contributed by atoms with Crippen molar-refractivity contribution in [2.24, 2.45) is 5.92 Å². The summed E-state index contributed by atoms with van der Waals surface area (Å²) in [5.41, 5.74) is 2.61. The van der Waals surface area contributed by atoms with Gasteiger partial charge in [-0.25, -0.2) is 0 Å². The van der Waals surface area contributed by atoms with Gasteiger partial charge < -0.3 is 10.6 Å². The molecule has 3 rings (SSSR count). The van der Waals surface area contributed by atoms with Crippen molar-refractivity contribution >= 4 is 18.3 Å². The van der Waals surface area contributed by atoms with Crippen LogP contribution in [-0.4, -0.2) is 25.5 Å². The predicted octanol–water partition coefficient (Wildman–Crippen LogP) is 3.03. The van der Waals surface area contributed by atoms with Crippen LogP contribution in [0.25, 0.3) is 0 Å². The number of piperidine rings is 1. The summed E-state index contributed by atoms with van der Waals surface area (Å²) in [5.74, 6) is 1.03. The molecule has 122 valence electrons. The third-order valence-electron chi connectivity index (χ3n) is 4.94. The zero-order chi connectivity index (χ0) is 14.5. The molecular formula is C18H27ClN2O. The van der Waals surface area contributed by atoms with Crippen LogP contribution in [0.15, 0.2) is 24.3 Å². The van der Waals surface area contributed by atoms with Crippen LogP contribution in [0, 0.1) is 5.92 Å². The summed E-state index contributed by atoms with van der Waals surface area (Å²) < 4.78 is 0. The van der Waals surface area contributed by atoms with Gasteiger partial charge in [0.25, 0.3) is 0 Å². The maximum absolute atomic E-state index is 12.5. The highest BCUT2D eigenvalue weighted by Crippen LogP contribution is 2.31. The van der Waals surface area contributed by atoms with Gasteiger partial charge in [0.1, 0.15) is 0 Å². The molecule has 1 saturated heterocycles. The molecule has 2 aliphatic rings. The second-order valence-electron chi connectivity index (χ2n) is 6.44. The van der Waals surface area contributed by atoms with Crippen LogP contribution >= 0.6 is 12.4 Å². The molecule has 0 spiro atoms. The highest BCUT2D eigenvalue weighted by atomic mass is 35.5. The maximum atomic E-state index is 12.5. The van der Waals surface area contributed by atoms with Crippen molar-refractivity contribution in [1.29, 1.82) is 0 Å². The van der Waals surface area contributed by atoms with E-state index >= 15 is 0 Å². The van der Waals surface area contributed by atoms with Crippen molar-refractivity contribution in [3.05, 3.63) is 35.4 Å². The Bertz CT molecular complexity index is 486. The summed E-state index contributed by atoms with van der Waals surface area (Å²) in [6.07, 6.45) is 6.92. The van der Waals surface area contributed by atoms with Crippen molar-refractivity contribution in [1.82, 2.24) is 10.6 Å². The summed E-state index contributed by atoms with van der Waals surface area (Å²) in [4.78, 5) is 12.5. The Kier molecular flexibility index (Phi) is 6.71. The van der Waals surface area contributed by atoms with E-state index in [0.717, 1.165) is 51.2 Å². The molecular weight excluding hydrogens is 296 g/mol. The molecule has 4 heteroatoms. The molecule has 2 unspecified atom stereocenters. The van der Waals surface area contributed by atoms with Gasteiger partial charge in [0, 0.05) is 6.54 Å². The number of carbonyl (C=O) groups excluding carboxylic acids is 1. The average Bonchev–Trinajstić information content (AvgIpc) is 2.55. The first-order valence-corrected chi connectivity index (χ1v) is 8.41. The van der Waals surface area contributed by atoms with E-state index in [-0.39, 0.29) is 24.2 Å². The zero-order valence-electron chi connectivity index (χ0n) is 13.1. The number of benzene rings is 1. The molecule has 1 fully saturated rings. The first kappa shape index (κ1) is 17.3. The average molecular weight is 323 g/mol. The van der Waals surface area contributed by atoms with E-state index in [1.165, 1.54) is 24.0 Å². The molecule has 1 aliphatic heterocycles. The fourth-order valence-corrected chi connectivity index (χ4v) is 3.72.